The maximum atomic E-state index is 6.42. The molecule has 5 aromatic rings. The van der Waals surface area contributed by atoms with Crippen LogP contribution in [-0.4, -0.2) is 0 Å². The van der Waals surface area contributed by atoms with Crippen molar-refractivity contribution >= 4 is 57.0 Å². The van der Waals surface area contributed by atoms with Crippen molar-refractivity contribution in [3.63, 3.8) is 0 Å². The Morgan fingerprint density at radius 1 is 0.533 bits per heavy atom. The molecular formula is C26H14ClO2P. The normalized spacial score (nSPS) is 13.9. The monoisotopic (exact) mass is 424 g/mol. The average molecular weight is 425 g/mol. The van der Waals surface area contributed by atoms with Crippen molar-refractivity contribution in [1.29, 1.82) is 0 Å². The van der Waals surface area contributed by atoms with Gasteiger partial charge >= 0.3 is 0 Å². The zero-order chi connectivity index (χ0) is 19.8. The summed E-state index contributed by atoms with van der Waals surface area (Å²) in [5.41, 5.74) is 0. The van der Waals surface area contributed by atoms with E-state index in [-0.39, 0.29) is 0 Å². The quantitative estimate of drug-likeness (QED) is 0.255. The predicted molar refractivity (Wildman–Crippen MR) is 125 cm³/mol. The van der Waals surface area contributed by atoms with Gasteiger partial charge in [0.15, 0.2) is 0 Å². The Labute approximate surface area is 179 Å². The summed E-state index contributed by atoms with van der Waals surface area (Å²) in [5.74, 6) is 3.40. The molecular weight excluding hydrogens is 411 g/mol. The van der Waals surface area contributed by atoms with Crippen LogP contribution in [0.2, 0.25) is 5.02 Å². The van der Waals surface area contributed by atoms with Gasteiger partial charge in [-0.3, -0.25) is 0 Å². The van der Waals surface area contributed by atoms with E-state index in [4.69, 9.17) is 21.1 Å². The van der Waals surface area contributed by atoms with Crippen molar-refractivity contribution in [2.75, 3.05) is 0 Å². The van der Waals surface area contributed by atoms with E-state index in [0.29, 0.717) is 5.02 Å². The van der Waals surface area contributed by atoms with E-state index < -0.39 is 7.92 Å². The molecule has 0 bridgehead atoms. The second kappa shape index (κ2) is 5.98. The van der Waals surface area contributed by atoms with Crippen LogP contribution in [-0.2, 0) is 0 Å². The van der Waals surface area contributed by atoms with Crippen LogP contribution in [0.5, 0.6) is 23.0 Å². The molecule has 0 saturated heterocycles. The van der Waals surface area contributed by atoms with Crippen molar-refractivity contribution < 1.29 is 9.47 Å². The molecule has 4 heteroatoms. The van der Waals surface area contributed by atoms with E-state index in [1.165, 1.54) is 32.2 Å². The van der Waals surface area contributed by atoms with Crippen molar-refractivity contribution in [3.05, 3.63) is 90.0 Å². The SMILES string of the molecule is Clc1cc2c3c(c1)Oc1ccc4ccccc4c1P3c1c(ccc3ccccc13)O2. The van der Waals surface area contributed by atoms with Crippen LogP contribution in [0.15, 0.2) is 84.9 Å². The number of halogens is 1. The molecule has 2 aliphatic rings. The van der Waals surface area contributed by atoms with Gasteiger partial charge in [0.1, 0.15) is 23.0 Å². The fourth-order valence-electron chi connectivity index (χ4n) is 4.59. The molecule has 2 heterocycles. The van der Waals surface area contributed by atoms with E-state index >= 15 is 0 Å². The van der Waals surface area contributed by atoms with Gasteiger partial charge in [0.2, 0.25) is 0 Å². The van der Waals surface area contributed by atoms with E-state index in [2.05, 4.69) is 72.8 Å². The van der Waals surface area contributed by atoms with Crippen LogP contribution in [0.3, 0.4) is 0 Å². The van der Waals surface area contributed by atoms with Crippen LogP contribution in [0.4, 0.5) is 0 Å². The third-order valence-corrected chi connectivity index (χ3v) is 8.77. The summed E-state index contributed by atoms with van der Waals surface area (Å²) in [6, 6.07) is 29.3. The first-order valence-electron chi connectivity index (χ1n) is 9.81. The predicted octanol–water partition coefficient (Wildman–Crippen LogP) is 6.62. The molecule has 2 nitrogen and oxygen atoms in total. The van der Waals surface area contributed by atoms with Gasteiger partial charge in [0.25, 0.3) is 0 Å². The van der Waals surface area contributed by atoms with Crippen LogP contribution in [0, 0.1) is 0 Å². The molecule has 5 aromatic carbocycles. The summed E-state index contributed by atoms with van der Waals surface area (Å²) in [5, 5.41) is 9.13. The molecule has 0 N–H and O–H groups in total. The minimum Gasteiger partial charge on any atom is -0.456 e. The number of hydrogen-bond acceptors (Lipinski definition) is 2. The Kier molecular flexibility index (Phi) is 3.33. The second-order valence-corrected chi connectivity index (χ2v) is 10.0. The summed E-state index contributed by atoms with van der Waals surface area (Å²) in [6.45, 7) is 0. The van der Waals surface area contributed by atoms with Crippen molar-refractivity contribution in [1.82, 2.24) is 0 Å². The fraction of sp³-hybridized carbons (Fsp3) is 0. The molecule has 2 aliphatic heterocycles. The molecule has 0 aliphatic carbocycles. The summed E-state index contributed by atoms with van der Waals surface area (Å²) in [4.78, 5) is 0. The van der Waals surface area contributed by atoms with Crippen LogP contribution < -0.4 is 25.4 Å². The van der Waals surface area contributed by atoms with Gasteiger partial charge in [0, 0.05) is 35.7 Å². The molecule has 0 aromatic heterocycles. The molecule has 30 heavy (non-hydrogen) atoms. The molecule has 0 amide bonds. The molecule has 7 rings (SSSR count). The lowest BCUT2D eigenvalue weighted by molar-refractivity contribution is 0.467. The number of ether oxygens (including phenoxy) is 2. The summed E-state index contributed by atoms with van der Waals surface area (Å²) in [6.07, 6.45) is 0. The minimum absolute atomic E-state index is 0.618. The smallest absolute Gasteiger partial charge is 0.141 e. The Morgan fingerprint density at radius 2 is 1.03 bits per heavy atom. The highest BCUT2D eigenvalue weighted by atomic mass is 35.5. The highest BCUT2D eigenvalue weighted by Gasteiger charge is 2.39. The van der Waals surface area contributed by atoms with Gasteiger partial charge in [-0.15, -0.1) is 0 Å². The van der Waals surface area contributed by atoms with Crippen molar-refractivity contribution in [2.45, 2.75) is 0 Å². The summed E-state index contributed by atoms with van der Waals surface area (Å²) in [7, 11) is -0.872. The number of benzene rings is 5. The Balaban J connectivity index is 1.67. The van der Waals surface area contributed by atoms with Crippen LogP contribution in [0.1, 0.15) is 0 Å². The number of hydrogen-bond donors (Lipinski definition) is 0. The van der Waals surface area contributed by atoms with Gasteiger partial charge in [0.05, 0.1) is 5.30 Å². The molecule has 0 radical (unpaired) electrons. The largest absolute Gasteiger partial charge is 0.456 e. The standard InChI is InChI=1S/C26H14ClO2P/c27-17-13-22-26-23(14-17)29-21-12-10-16-6-2-4-8-19(16)25(21)30(26)24-18-7-3-1-5-15(18)9-11-20(24)28-22/h1-14H. The fourth-order valence-corrected chi connectivity index (χ4v) is 7.70. The van der Waals surface area contributed by atoms with Gasteiger partial charge in [-0.25, -0.2) is 0 Å². The molecule has 142 valence electrons. The van der Waals surface area contributed by atoms with E-state index in [9.17, 15) is 0 Å². The summed E-state index contributed by atoms with van der Waals surface area (Å²) >= 11 is 6.42. The maximum absolute atomic E-state index is 6.42. The highest BCUT2D eigenvalue weighted by Crippen LogP contribution is 2.55. The number of rotatable bonds is 0. The first-order chi connectivity index (χ1) is 14.8. The Morgan fingerprint density at radius 3 is 1.57 bits per heavy atom. The zero-order valence-electron chi connectivity index (χ0n) is 15.7. The topological polar surface area (TPSA) is 18.5 Å². The van der Waals surface area contributed by atoms with Gasteiger partial charge in [-0.1, -0.05) is 72.3 Å². The first-order valence-corrected chi connectivity index (χ1v) is 11.5. The van der Waals surface area contributed by atoms with E-state index in [1.54, 1.807) is 0 Å². The van der Waals surface area contributed by atoms with Gasteiger partial charge in [-0.2, -0.15) is 0 Å². The lowest BCUT2D eigenvalue weighted by Crippen LogP contribution is -2.32. The van der Waals surface area contributed by atoms with Crippen LogP contribution >= 0.6 is 19.5 Å². The minimum atomic E-state index is -0.872. The Hall–Kier alpha value is -3.06. The Bertz CT molecular complexity index is 1410. The van der Waals surface area contributed by atoms with Crippen molar-refractivity contribution in [2.24, 2.45) is 0 Å². The maximum Gasteiger partial charge on any atom is 0.141 e. The highest BCUT2D eigenvalue weighted by molar-refractivity contribution is 7.81. The van der Waals surface area contributed by atoms with Crippen LogP contribution in [0.25, 0.3) is 21.5 Å². The third kappa shape index (κ3) is 2.18. The molecule has 0 fully saturated rings. The lowest BCUT2D eigenvalue weighted by atomic mass is 10.1. The summed E-state index contributed by atoms with van der Waals surface area (Å²) < 4.78 is 12.8. The van der Waals surface area contributed by atoms with Crippen molar-refractivity contribution in [3.8, 4) is 23.0 Å². The molecule has 0 spiro atoms. The second-order valence-electron chi connectivity index (χ2n) is 7.56. The third-order valence-electron chi connectivity index (χ3n) is 5.84. The lowest BCUT2D eigenvalue weighted by Gasteiger charge is -2.36. The average Bonchev–Trinajstić information content (AvgIpc) is 2.78. The molecule has 0 saturated carbocycles. The zero-order valence-corrected chi connectivity index (χ0v) is 17.4. The van der Waals surface area contributed by atoms with E-state index in [0.717, 1.165) is 28.3 Å². The van der Waals surface area contributed by atoms with Gasteiger partial charge < -0.3 is 9.47 Å². The first kappa shape index (κ1) is 16.7. The van der Waals surface area contributed by atoms with E-state index in [1.807, 2.05) is 12.1 Å². The molecule has 0 atom stereocenters. The molecule has 0 unspecified atom stereocenters. The van der Waals surface area contributed by atoms with Gasteiger partial charge in [-0.05, 0) is 33.7 Å². The number of fused-ring (bicyclic) bond motifs is 8.